The molecule has 1 aromatic rings. The molecule has 1 saturated heterocycles. The number of rotatable bonds is 5. The summed E-state index contributed by atoms with van der Waals surface area (Å²) in [5.74, 6) is 1.21. The summed E-state index contributed by atoms with van der Waals surface area (Å²) in [6.07, 6.45) is 4.05. The molecule has 30 heavy (non-hydrogen) atoms. The molecule has 1 saturated carbocycles. The van der Waals surface area contributed by atoms with E-state index < -0.39 is 5.60 Å². The second kappa shape index (κ2) is 8.66. The van der Waals surface area contributed by atoms with Gasteiger partial charge in [-0.25, -0.2) is 4.79 Å². The molecule has 0 aromatic heterocycles. The Balaban J connectivity index is 1.42. The fourth-order valence-corrected chi connectivity index (χ4v) is 4.48. The minimum Gasteiger partial charge on any atom is -0.494 e. The molecule has 1 spiro atoms. The number of carbonyl (C=O) groups excluding carboxylic acids is 2. The van der Waals surface area contributed by atoms with Crippen molar-refractivity contribution in [3.05, 3.63) is 28.8 Å². The molecule has 0 N–H and O–H groups in total. The topological polar surface area (TPSA) is 59.1 Å². The smallest absolute Gasteiger partial charge is 0.410 e. The molecule has 0 unspecified atom stereocenters. The van der Waals surface area contributed by atoms with Crippen molar-refractivity contribution < 1.29 is 19.1 Å². The number of halogens is 1. The lowest BCUT2D eigenvalue weighted by Crippen LogP contribution is -2.42. The van der Waals surface area contributed by atoms with E-state index in [0.29, 0.717) is 34.3 Å². The normalized spacial score (nSPS) is 20.1. The van der Waals surface area contributed by atoms with Gasteiger partial charge in [-0.3, -0.25) is 4.79 Å². The maximum Gasteiger partial charge on any atom is 0.410 e. The Hall–Kier alpha value is -1.95. The molecular weight excluding hydrogens is 404 g/mol. The molecular formula is C23H33ClN2O4. The molecule has 166 valence electrons. The van der Waals surface area contributed by atoms with Crippen LogP contribution in [0.15, 0.2) is 18.2 Å². The van der Waals surface area contributed by atoms with Crippen molar-refractivity contribution in [2.75, 3.05) is 33.8 Å². The second-order valence-electron chi connectivity index (χ2n) is 9.71. The highest BCUT2D eigenvalue weighted by atomic mass is 35.5. The molecule has 2 amide bonds. The number of nitrogens with zero attached hydrogens (tertiary/aromatic N) is 2. The lowest BCUT2D eigenvalue weighted by molar-refractivity contribution is 0.0163. The number of carbonyl (C=O) groups is 2. The first kappa shape index (κ1) is 22.7. The Kier molecular flexibility index (Phi) is 6.56. The summed E-state index contributed by atoms with van der Waals surface area (Å²) >= 11 is 6.25. The summed E-state index contributed by atoms with van der Waals surface area (Å²) in [4.78, 5) is 27.6. The zero-order valence-corrected chi connectivity index (χ0v) is 19.4. The van der Waals surface area contributed by atoms with Gasteiger partial charge in [0.05, 0.1) is 17.2 Å². The van der Waals surface area contributed by atoms with Crippen LogP contribution >= 0.6 is 11.6 Å². The average molecular weight is 437 g/mol. The average Bonchev–Trinajstić information content (AvgIpc) is 3.31. The van der Waals surface area contributed by atoms with Gasteiger partial charge in [0, 0.05) is 27.2 Å². The van der Waals surface area contributed by atoms with Crippen molar-refractivity contribution in [2.24, 2.45) is 11.3 Å². The van der Waals surface area contributed by atoms with E-state index in [2.05, 4.69) is 0 Å². The molecule has 1 aliphatic carbocycles. The minimum atomic E-state index is -0.452. The van der Waals surface area contributed by atoms with Gasteiger partial charge in [-0.2, -0.15) is 0 Å². The fourth-order valence-electron chi connectivity index (χ4n) is 4.23. The first-order valence-corrected chi connectivity index (χ1v) is 11.0. The summed E-state index contributed by atoms with van der Waals surface area (Å²) in [7, 11) is 3.40. The third-order valence-electron chi connectivity index (χ3n) is 6.08. The van der Waals surface area contributed by atoms with Crippen LogP contribution in [-0.4, -0.2) is 61.2 Å². The largest absolute Gasteiger partial charge is 0.494 e. The zero-order chi connectivity index (χ0) is 22.1. The molecule has 1 aliphatic heterocycles. The van der Waals surface area contributed by atoms with Crippen LogP contribution in [0.5, 0.6) is 5.75 Å². The number of likely N-dealkylation sites (tertiary alicyclic amines) is 1. The van der Waals surface area contributed by atoms with Gasteiger partial charge in [0.15, 0.2) is 0 Å². The first-order chi connectivity index (χ1) is 14.0. The Bertz CT molecular complexity index is 795. The summed E-state index contributed by atoms with van der Waals surface area (Å²) in [6.45, 7) is 7.85. The second-order valence-corrected chi connectivity index (χ2v) is 10.1. The van der Waals surface area contributed by atoms with Gasteiger partial charge in [-0.15, -0.1) is 0 Å². The zero-order valence-electron chi connectivity index (χ0n) is 18.7. The molecule has 1 aromatic carbocycles. The monoisotopic (exact) mass is 436 g/mol. The summed E-state index contributed by atoms with van der Waals surface area (Å²) in [5, 5.41) is 0.406. The maximum atomic E-state index is 12.2. The number of hydrogen-bond acceptors (Lipinski definition) is 4. The molecule has 3 rings (SSSR count). The van der Waals surface area contributed by atoms with Crippen molar-refractivity contribution in [1.29, 1.82) is 0 Å². The lowest BCUT2D eigenvalue weighted by atomic mass is 9.90. The van der Waals surface area contributed by atoms with Crippen molar-refractivity contribution in [2.45, 2.75) is 52.1 Å². The fraction of sp³-hybridized carbons (Fsp3) is 0.652. The molecule has 0 bridgehead atoms. The van der Waals surface area contributed by atoms with Gasteiger partial charge in [-0.05, 0) is 76.0 Å². The van der Waals surface area contributed by atoms with E-state index in [1.165, 1.54) is 11.3 Å². The summed E-state index contributed by atoms with van der Waals surface area (Å²) in [5.41, 5.74) is 0.389. The van der Waals surface area contributed by atoms with Crippen LogP contribution in [0.2, 0.25) is 5.02 Å². The number of benzene rings is 1. The predicted octanol–water partition coefficient (Wildman–Crippen LogP) is 4.85. The van der Waals surface area contributed by atoms with E-state index in [0.717, 1.165) is 32.4 Å². The Labute approximate surface area is 184 Å². The van der Waals surface area contributed by atoms with Crippen LogP contribution in [0.25, 0.3) is 0 Å². The maximum absolute atomic E-state index is 12.2. The minimum absolute atomic E-state index is 0.121. The van der Waals surface area contributed by atoms with Crippen LogP contribution in [0, 0.1) is 11.3 Å². The predicted molar refractivity (Wildman–Crippen MR) is 117 cm³/mol. The molecule has 2 fully saturated rings. The molecule has 0 radical (unpaired) electrons. The van der Waals surface area contributed by atoms with Crippen LogP contribution in [0.1, 0.15) is 56.8 Å². The van der Waals surface area contributed by atoms with Gasteiger partial charge < -0.3 is 19.3 Å². The van der Waals surface area contributed by atoms with E-state index in [1.54, 1.807) is 32.3 Å². The summed E-state index contributed by atoms with van der Waals surface area (Å²) in [6, 6.07) is 5.22. The van der Waals surface area contributed by atoms with Gasteiger partial charge in [0.1, 0.15) is 11.4 Å². The number of ether oxygens (including phenoxy) is 2. The van der Waals surface area contributed by atoms with Gasteiger partial charge in [0.25, 0.3) is 5.91 Å². The number of hydrogen-bond donors (Lipinski definition) is 0. The third-order valence-corrected chi connectivity index (χ3v) is 6.39. The quantitative estimate of drug-likeness (QED) is 0.662. The Morgan fingerprint density at radius 1 is 1.23 bits per heavy atom. The van der Waals surface area contributed by atoms with E-state index in [-0.39, 0.29) is 12.0 Å². The van der Waals surface area contributed by atoms with Crippen molar-refractivity contribution in [1.82, 2.24) is 9.80 Å². The van der Waals surface area contributed by atoms with Crippen molar-refractivity contribution in [3.8, 4) is 5.75 Å². The van der Waals surface area contributed by atoms with E-state index in [1.807, 2.05) is 25.7 Å². The van der Waals surface area contributed by atoms with E-state index in [4.69, 9.17) is 21.1 Å². The van der Waals surface area contributed by atoms with Crippen LogP contribution in [-0.2, 0) is 4.74 Å². The standard InChI is InChI=1S/C23H33ClN2O4/c1-22(2,3)30-21(28)26-11-9-23(10-12-26)15-16(23)8-13-29-17-6-7-18(19(24)14-17)20(27)25(4)5/h6-7,14,16H,8-13,15H2,1-5H3/t16-/m0/s1. The van der Waals surface area contributed by atoms with E-state index in [9.17, 15) is 9.59 Å². The molecule has 7 heteroatoms. The Morgan fingerprint density at radius 3 is 2.47 bits per heavy atom. The van der Waals surface area contributed by atoms with Gasteiger partial charge >= 0.3 is 6.09 Å². The highest BCUT2D eigenvalue weighted by Gasteiger charge is 2.54. The Morgan fingerprint density at radius 2 is 1.90 bits per heavy atom. The summed E-state index contributed by atoms with van der Waals surface area (Å²) < 4.78 is 11.4. The van der Waals surface area contributed by atoms with Crippen molar-refractivity contribution >= 4 is 23.6 Å². The first-order valence-electron chi connectivity index (χ1n) is 10.6. The SMILES string of the molecule is CN(C)C(=O)c1ccc(OCC[C@H]2CC23CCN(C(=O)OC(C)(C)C)CC3)cc1Cl. The van der Waals surface area contributed by atoms with Crippen LogP contribution < -0.4 is 4.74 Å². The highest BCUT2D eigenvalue weighted by Crippen LogP contribution is 2.60. The molecule has 1 atom stereocenters. The molecule has 2 aliphatic rings. The van der Waals surface area contributed by atoms with E-state index >= 15 is 0 Å². The van der Waals surface area contributed by atoms with Crippen LogP contribution in [0.4, 0.5) is 4.79 Å². The highest BCUT2D eigenvalue weighted by molar-refractivity contribution is 6.34. The van der Waals surface area contributed by atoms with Gasteiger partial charge in [0.2, 0.25) is 0 Å². The lowest BCUT2D eigenvalue weighted by Gasteiger charge is -2.34. The van der Waals surface area contributed by atoms with Crippen LogP contribution in [0.3, 0.4) is 0 Å². The number of amides is 2. The third kappa shape index (κ3) is 5.39. The molecule has 1 heterocycles. The molecule has 6 nitrogen and oxygen atoms in total. The van der Waals surface area contributed by atoms with Gasteiger partial charge in [-0.1, -0.05) is 11.6 Å². The number of piperidine rings is 1. The van der Waals surface area contributed by atoms with Crippen molar-refractivity contribution in [3.63, 3.8) is 0 Å².